The van der Waals surface area contributed by atoms with Crippen LogP contribution in [0.5, 0.6) is 0 Å². The minimum atomic E-state index is 0.556. The molecule has 111 heavy (non-hydrogen) atoms. The summed E-state index contributed by atoms with van der Waals surface area (Å²) in [6.07, 6.45) is 0. The lowest BCUT2D eigenvalue weighted by molar-refractivity contribution is 0.669. The maximum Gasteiger partial charge on any atom is 0.238 e. The maximum absolute atomic E-state index is 6.47. The van der Waals surface area contributed by atoms with Crippen molar-refractivity contribution in [3.05, 3.63) is 370 Å². The third-order valence-electron chi connectivity index (χ3n) is 21.7. The Bertz CT molecular complexity index is 7590. The molecule has 0 saturated carbocycles. The predicted octanol–water partition coefficient (Wildman–Crippen LogP) is 25.7. The first-order valence-electron chi connectivity index (χ1n) is 37.2. The third kappa shape index (κ3) is 10.5. The van der Waals surface area contributed by atoms with Gasteiger partial charge in [-0.15, -0.1) is 0 Å². The molecule has 0 radical (unpaired) electrons. The van der Waals surface area contributed by atoms with Gasteiger partial charge in [0.05, 0.1) is 38.8 Å². The van der Waals surface area contributed by atoms with Crippen LogP contribution in [0, 0.1) is 0 Å². The van der Waals surface area contributed by atoms with Crippen molar-refractivity contribution in [1.29, 1.82) is 0 Å². The molecule has 23 rings (SSSR count). The van der Waals surface area contributed by atoms with E-state index in [0.717, 1.165) is 160 Å². The molecule has 16 aromatic carbocycles. The van der Waals surface area contributed by atoms with E-state index in [4.69, 9.17) is 38.7 Å². The van der Waals surface area contributed by atoms with Gasteiger partial charge >= 0.3 is 0 Å². The summed E-state index contributed by atoms with van der Waals surface area (Å²) in [6.45, 7) is 0. The van der Waals surface area contributed by atoms with Gasteiger partial charge in [0.1, 0.15) is 22.3 Å². The molecule has 0 amide bonds. The van der Waals surface area contributed by atoms with Crippen LogP contribution in [-0.4, -0.2) is 43.6 Å². The van der Waals surface area contributed by atoms with Gasteiger partial charge < -0.3 is 18.0 Å². The van der Waals surface area contributed by atoms with Crippen molar-refractivity contribution in [3.8, 4) is 96.5 Å². The van der Waals surface area contributed by atoms with Gasteiger partial charge in [0.15, 0.2) is 29.1 Å². The number of nitrogens with zero attached hydrogens (tertiary/aromatic N) is 9. The van der Waals surface area contributed by atoms with Crippen molar-refractivity contribution in [2.24, 2.45) is 0 Å². The molecular weight excluding hydrogens is 1360 g/mol. The van der Waals surface area contributed by atoms with Crippen molar-refractivity contribution in [3.63, 3.8) is 0 Å². The van der Waals surface area contributed by atoms with Gasteiger partial charge in [-0.05, 0) is 101 Å². The van der Waals surface area contributed by atoms with E-state index in [9.17, 15) is 0 Å². The lowest BCUT2D eigenvalue weighted by Crippen LogP contribution is -2.06. The lowest BCUT2D eigenvalue weighted by atomic mass is 10.00. The van der Waals surface area contributed by atoms with Crippen LogP contribution in [-0.2, 0) is 0 Å². The van der Waals surface area contributed by atoms with Crippen LogP contribution >= 0.6 is 0 Å². The van der Waals surface area contributed by atoms with Gasteiger partial charge in [0.2, 0.25) is 5.95 Å². The molecule has 11 heteroatoms. The molecule has 7 aromatic heterocycles. The van der Waals surface area contributed by atoms with Gasteiger partial charge in [-0.1, -0.05) is 285 Å². The van der Waals surface area contributed by atoms with Crippen LogP contribution in [0.25, 0.3) is 217 Å². The number of hydrogen-bond donors (Lipinski definition) is 0. The average molecular weight is 1420 g/mol. The summed E-state index contributed by atoms with van der Waals surface area (Å²) >= 11 is 0. The largest absolute Gasteiger partial charge is 0.455 e. The Morgan fingerprint density at radius 2 is 0.568 bits per heavy atom. The van der Waals surface area contributed by atoms with Crippen molar-refractivity contribution < 1.29 is 8.83 Å². The number of para-hydroxylation sites is 8. The van der Waals surface area contributed by atoms with Gasteiger partial charge in [0, 0.05) is 104 Å². The highest BCUT2D eigenvalue weighted by Gasteiger charge is 2.24. The fraction of sp³-hybridized carbons (Fsp3) is 0. The zero-order chi connectivity index (χ0) is 73.0. The second kappa shape index (κ2) is 25.8. The van der Waals surface area contributed by atoms with Gasteiger partial charge in [-0.3, -0.25) is 4.57 Å². The molecule has 0 N–H and O–H groups in total. The number of hydrogen-bond acceptors (Lipinski definition) is 8. The number of aromatic nitrogens is 9. The molecule has 7 heterocycles. The van der Waals surface area contributed by atoms with Crippen LogP contribution in [0.1, 0.15) is 0 Å². The topological polar surface area (TPSA) is 118 Å². The third-order valence-corrected chi connectivity index (χ3v) is 21.7. The van der Waals surface area contributed by atoms with Crippen LogP contribution in [0.4, 0.5) is 0 Å². The molecule has 23 aromatic rings. The Kier molecular flexibility index (Phi) is 14.7. The first kappa shape index (κ1) is 63.1. The molecule has 0 atom stereocenters. The number of furan rings is 2. The molecule has 0 saturated heterocycles. The van der Waals surface area contributed by atoms with Gasteiger partial charge in [0.25, 0.3) is 0 Å². The Balaban J connectivity index is 0.000000137. The zero-order valence-electron chi connectivity index (χ0n) is 59.6. The molecule has 0 fully saturated rings. The number of fused-ring (bicyclic) bond motifs is 16. The normalized spacial score (nSPS) is 11.8. The van der Waals surface area contributed by atoms with Crippen molar-refractivity contribution in [2.45, 2.75) is 0 Å². The van der Waals surface area contributed by atoms with E-state index in [2.05, 4.69) is 281 Å². The molecule has 0 aliphatic heterocycles. The first-order chi connectivity index (χ1) is 55.0. The number of rotatable bonds is 10. The van der Waals surface area contributed by atoms with E-state index in [1.54, 1.807) is 0 Å². The zero-order valence-corrected chi connectivity index (χ0v) is 59.6. The summed E-state index contributed by atoms with van der Waals surface area (Å²) < 4.78 is 19.8. The highest BCUT2D eigenvalue weighted by Crippen LogP contribution is 2.45. The van der Waals surface area contributed by atoms with Crippen LogP contribution in [0.15, 0.2) is 379 Å². The smallest absolute Gasteiger partial charge is 0.238 e. The van der Waals surface area contributed by atoms with Crippen LogP contribution < -0.4 is 0 Å². The molecule has 0 spiro atoms. The van der Waals surface area contributed by atoms with E-state index in [0.29, 0.717) is 35.1 Å². The summed E-state index contributed by atoms with van der Waals surface area (Å²) in [7, 11) is 0. The van der Waals surface area contributed by atoms with Gasteiger partial charge in [-0.2, -0.15) is 9.97 Å². The highest BCUT2D eigenvalue weighted by molar-refractivity contribution is 6.17. The predicted molar refractivity (Wildman–Crippen MR) is 453 cm³/mol. The number of benzene rings is 16. The van der Waals surface area contributed by atoms with E-state index < -0.39 is 0 Å². The van der Waals surface area contributed by atoms with Crippen LogP contribution in [0.2, 0.25) is 0 Å². The van der Waals surface area contributed by atoms with E-state index in [-0.39, 0.29) is 0 Å². The highest BCUT2D eigenvalue weighted by atomic mass is 16.3. The molecular formula is C100H61N9O2. The lowest BCUT2D eigenvalue weighted by Gasteiger charge is -2.15. The average Bonchev–Trinajstić information content (AvgIpc) is 1.60. The monoisotopic (exact) mass is 1420 g/mol. The fourth-order valence-corrected chi connectivity index (χ4v) is 16.6. The Hall–Kier alpha value is -15.2. The first-order valence-corrected chi connectivity index (χ1v) is 37.2. The molecule has 0 aliphatic rings. The Morgan fingerprint density at radius 1 is 0.189 bits per heavy atom. The SMILES string of the molecule is c1ccc(-c2nc(-c3ccc4c5ccccc5n(-c5ccccc5)c4c3)nc(-n3c4ccccc4c4cc(-c5cccc6c5oc5ccccc56)ccc43)n2)cc1.c1ccc(-c2nc(-c3ccccc3)nc(-c3ccc(-n4c5ccccc5c5cc(-c6cccc7c6oc6ccccc67)ccc54)c4ccccc34)n2)cc1. The minimum Gasteiger partial charge on any atom is -0.455 e. The van der Waals surface area contributed by atoms with E-state index in [1.807, 2.05) is 103 Å². The molecule has 11 nitrogen and oxygen atoms in total. The maximum atomic E-state index is 6.47. The van der Waals surface area contributed by atoms with Crippen molar-refractivity contribution in [1.82, 2.24) is 43.6 Å². The summed E-state index contributed by atoms with van der Waals surface area (Å²) in [5.41, 5.74) is 21.3. The minimum absolute atomic E-state index is 0.556. The summed E-state index contributed by atoms with van der Waals surface area (Å²) in [4.78, 5) is 30.7. The molecule has 0 aliphatic carbocycles. The van der Waals surface area contributed by atoms with Crippen LogP contribution in [0.3, 0.4) is 0 Å². The fourth-order valence-electron chi connectivity index (χ4n) is 16.6. The molecule has 0 unspecified atom stereocenters. The van der Waals surface area contributed by atoms with E-state index in [1.165, 1.54) is 21.5 Å². The molecule has 518 valence electrons. The Morgan fingerprint density at radius 3 is 1.11 bits per heavy atom. The van der Waals surface area contributed by atoms with Gasteiger partial charge in [-0.25, -0.2) is 19.9 Å². The quantitative estimate of drug-likeness (QED) is 0.133. The summed E-state index contributed by atoms with van der Waals surface area (Å²) in [5.74, 6) is 3.69. The summed E-state index contributed by atoms with van der Waals surface area (Å²) in [5, 5.41) is 13.6. The Labute approximate surface area is 635 Å². The summed E-state index contributed by atoms with van der Waals surface area (Å²) in [6, 6.07) is 129. The molecule has 0 bridgehead atoms. The standard InChI is InChI=1S/C51H31N5O.C49H30N4O/c1-3-14-32(15-4-1)49-52-50(34-26-28-39-37-18-7-10-23-43(37)55(46(39)31-34)35-16-5-2-6-17-35)54-51(53-49)56-44-24-11-8-19-38(44)42-30-33(27-29-45(42)56)36-21-13-22-41-40-20-9-12-25-47(40)57-48(36)41;1-3-14-31(15-4-1)47-50-48(32-16-5-2-6-17-32)52-49(51-47)40-27-29-43(36-19-8-7-18-35(36)40)53-42-24-11-9-20-37(42)41-30-33(26-28-44(41)53)34-22-13-23-39-38-21-10-12-25-45(38)54-46(34)39/h1-31H;1-30H. The van der Waals surface area contributed by atoms with E-state index >= 15 is 0 Å². The van der Waals surface area contributed by atoms with Crippen molar-refractivity contribution in [2.75, 3.05) is 0 Å². The second-order valence-electron chi connectivity index (χ2n) is 28.0. The van der Waals surface area contributed by atoms with Crippen molar-refractivity contribution >= 4 is 120 Å². The second-order valence-corrected chi connectivity index (χ2v) is 28.0.